The molecule has 0 spiro atoms. The minimum Gasteiger partial charge on any atom is -0.497 e. The van der Waals surface area contributed by atoms with Gasteiger partial charge >= 0.3 is 0 Å². The Morgan fingerprint density at radius 3 is 2.14 bits per heavy atom. The molecule has 7 rings (SSSR count). The van der Waals surface area contributed by atoms with Crippen LogP contribution in [0.15, 0.2) is 75.1 Å². The number of carbonyl (C=O) groups excluding carboxylic acids is 1. The third-order valence-corrected chi connectivity index (χ3v) is 13.6. The first kappa shape index (κ1) is 47.9. The minimum absolute atomic E-state index is 0.0590. The Morgan fingerprint density at radius 1 is 0.815 bits per heavy atom. The second kappa shape index (κ2) is 22.4. The van der Waals surface area contributed by atoms with E-state index in [0.717, 1.165) is 33.6 Å². The standard InChI is InChI=1S/C46H57ClN8O9S/c1-31-6-7-36(44-32(2)52-64-33(44)3)28-42(31)65(57,58)54-17-15-53(16-18-54)19-21-61-23-25-63-27-26-62-24-22-60-20-14-48-43(56)30-40-46-51-50-34(4)55(46)41-13-12-38(59-5)29-39(41)45(49-40)35-8-10-37(47)11-9-35/h6-13,28-29,40H,14-27,30H2,1-5H3,(H,48,56)/t40-/m0/s1. The number of nitrogens with zero attached hydrogens (tertiary/aromatic N) is 7. The summed E-state index contributed by atoms with van der Waals surface area (Å²) in [5.74, 6) is 2.39. The number of hydrogen-bond acceptors (Lipinski definition) is 14. The molecule has 17 nitrogen and oxygen atoms in total. The van der Waals surface area contributed by atoms with Crippen LogP contribution < -0.4 is 10.1 Å². The minimum atomic E-state index is -3.67. The fraction of sp³-hybridized carbons (Fsp3) is 0.457. The van der Waals surface area contributed by atoms with Gasteiger partial charge in [-0.15, -0.1) is 10.2 Å². The van der Waals surface area contributed by atoms with Crippen LogP contribution in [0.1, 0.15) is 52.3 Å². The third kappa shape index (κ3) is 11.9. The molecule has 1 amide bonds. The first-order chi connectivity index (χ1) is 31.4. The van der Waals surface area contributed by atoms with E-state index in [2.05, 4.69) is 25.6 Å². The Bertz CT molecular complexity index is 2520. The number of piperazine rings is 1. The van der Waals surface area contributed by atoms with Crippen molar-refractivity contribution < 1.29 is 41.4 Å². The predicted molar refractivity (Wildman–Crippen MR) is 245 cm³/mol. The Balaban J connectivity index is 0.736. The molecule has 5 aromatic rings. The highest BCUT2D eigenvalue weighted by molar-refractivity contribution is 7.89. The number of fused-ring (bicyclic) bond motifs is 3. The van der Waals surface area contributed by atoms with Crippen LogP contribution in [-0.2, 0) is 33.8 Å². The van der Waals surface area contributed by atoms with Gasteiger partial charge in [-0.05, 0) is 75.2 Å². The number of halogens is 1. The van der Waals surface area contributed by atoms with Crippen molar-refractivity contribution in [1.82, 2.24) is 34.4 Å². The summed E-state index contributed by atoms with van der Waals surface area (Å²) in [4.78, 5) is 20.8. The highest BCUT2D eigenvalue weighted by Crippen LogP contribution is 2.35. The smallest absolute Gasteiger partial charge is 0.243 e. The Kier molecular flexibility index (Phi) is 16.5. The number of methoxy groups -OCH3 is 1. The van der Waals surface area contributed by atoms with Crippen molar-refractivity contribution in [3.05, 3.63) is 105 Å². The Hall–Kier alpha value is -5.05. The predicted octanol–water partition coefficient (Wildman–Crippen LogP) is 5.29. The monoisotopic (exact) mass is 932 g/mol. The van der Waals surface area contributed by atoms with Crippen LogP contribution in [0.3, 0.4) is 0 Å². The molecule has 1 atom stereocenters. The molecule has 0 radical (unpaired) electrons. The number of amides is 1. The number of aromatic nitrogens is 4. The van der Waals surface area contributed by atoms with E-state index in [1.165, 1.54) is 0 Å². The molecule has 2 aromatic heterocycles. The van der Waals surface area contributed by atoms with Gasteiger partial charge in [0.1, 0.15) is 23.4 Å². The van der Waals surface area contributed by atoms with Gasteiger partial charge in [-0.2, -0.15) is 4.31 Å². The van der Waals surface area contributed by atoms with Gasteiger partial charge < -0.3 is 33.5 Å². The molecule has 0 aliphatic carbocycles. The van der Waals surface area contributed by atoms with Crippen LogP contribution in [0.2, 0.25) is 5.02 Å². The number of aliphatic imine (C=N–C) groups is 1. The summed E-state index contributed by atoms with van der Waals surface area (Å²) in [6.45, 7) is 13.8. The highest BCUT2D eigenvalue weighted by Gasteiger charge is 2.32. The molecule has 19 heteroatoms. The van der Waals surface area contributed by atoms with E-state index in [9.17, 15) is 13.2 Å². The van der Waals surface area contributed by atoms with E-state index in [-0.39, 0.29) is 12.3 Å². The lowest BCUT2D eigenvalue weighted by Crippen LogP contribution is -2.49. The molecule has 1 fully saturated rings. The zero-order chi connectivity index (χ0) is 45.9. The fourth-order valence-corrected chi connectivity index (χ4v) is 9.70. The van der Waals surface area contributed by atoms with Crippen LogP contribution >= 0.6 is 11.6 Å². The number of aryl methyl sites for hydroxylation is 4. The molecular weight excluding hydrogens is 876 g/mol. The topological polar surface area (TPSA) is 185 Å². The number of ether oxygens (including phenoxy) is 5. The summed E-state index contributed by atoms with van der Waals surface area (Å²) < 4.78 is 64.4. The van der Waals surface area contributed by atoms with Gasteiger partial charge in [0.15, 0.2) is 5.82 Å². The van der Waals surface area contributed by atoms with Gasteiger partial charge in [0.05, 0.1) is 88.4 Å². The summed E-state index contributed by atoms with van der Waals surface area (Å²) in [6, 6.07) is 18.1. The van der Waals surface area contributed by atoms with Gasteiger partial charge in [0.2, 0.25) is 15.9 Å². The van der Waals surface area contributed by atoms with E-state index >= 15 is 0 Å². The van der Waals surface area contributed by atoms with Crippen molar-refractivity contribution in [2.75, 3.05) is 99.2 Å². The molecule has 65 heavy (non-hydrogen) atoms. The summed E-state index contributed by atoms with van der Waals surface area (Å²) in [7, 11) is -2.05. The molecule has 2 aliphatic heterocycles. The van der Waals surface area contributed by atoms with Crippen molar-refractivity contribution in [1.29, 1.82) is 0 Å². The summed E-state index contributed by atoms with van der Waals surface area (Å²) in [5, 5.41) is 16.3. The van der Waals surface area contributed by atoms with Crippen LogP contribution in [0, 0.1) is 27.7 Å². The van der Waals surface area contributed by atoms with E-state index < -0.39 is 16.1 Å². The second-order valence-electron chi connectivity index (χ2n) is 15.8. The average Bonchev–Trinajstić information content (AvgIpc) is 3.82. The van der Waals surface area contributed by atoms with Crippen LogP contribution in [-0.4, -0.2) is 148 Å². The van der Waals surface area contributed by atoms with Gasteiger partial charge in [-0.25, -0.2) is 8.42 Å². The maximum Gasteiger partial charge on any atom is 0.243 e. The van der Waals surface area contributed by atoms with Crippen LogP contribution in [0.4, 0.5) is 0 Å². The van der Waals surface area contributed by atoms with Crippen molar-refractivity contribution in [2.24, 2.45) is 4.99 Å². The highest BCUT2D eigenvalue weighted by atomic mass is 35.5. The van der Waals surface area contributed by atoms with Gasteiger partial charge in [0.25, 0.3) is 0 Å². The molecule has 0 saturated carbocycles. The zero-order valence-electron chi connectivity index (χ0n) is 37.5. The van der Waals surface area contributed by atoms with Crippen molar-refractivity contribution in [3.8, 4) is 22.6 Å². The number of carbonyl (C=O) groups is 1. The summed E-state index contributed by atoms with van der Waals surface area (Å²) in [6.07, 6.45) is 0.0590. The van der Waals surface area contributed by atoms with Crippen LogP contribution in [0.25, 0.3) is 16.8 Å². The normalized spacial score (nSPS) is 15.6. The van der Waals surface area contributed by atoms with E-state index in [1.54, 1.807) is 17.5 Å². The maximum atomic E-state index is 13.7. The lowest BCUT2D eigenvalue weighted by molar-refractivity contribution is -0.121. The molecule has 0 unspecified atom stereocenters. The maximum absolute atomic E-state index is 13.7. The Morgan fingerprint density at radius 2 is 1.48 bits per heavy atom. The molecular formula is C46H57ClN8O9S. The number of sulfonamides is 1. The molecule has 348 valence electrons. The molecule has 3 aromatic carbocycles. The largest absolute Gasteiger partial charge is 0.497 e. The third-order valence-electron chi connectivity index (χ3n) is 11.3. The quantitative estimate of drug-likeness (QED) is 0.0885. The SMILES string of the molecule is COc1ccc2c(c1)C(c1ccc(Cl)cc1)=N[C@@H](CC(=O)NCCOCCOCCOCCOCCN1CCN(S(=O)(=O)c3cc(-c4c(C)noc4C)ccc3C)CC1)c1nnc(C)n1-2. The molecule has 0 bridgehead atoms. The summed E-state index contributed by atoms with van der Waals surface area (Å²) >= 11 is 6.21. The van der Waals surface area contributed by atoms with E-state index in [0.29, 0.717) is 136 Å². The number of benzene rings is 3. The number of rotatable bonds is 22. The van der Waals surface area contributed by atoms with Crippen molar-refractivity contribution in [3.63, 3.8) is 0 Å². The molecule has 4 heterocycles. The molecule has 2 aliphatic rings. The Labute approximate surface area is 385 Å². The lowest BCUT2D eigenvalue weighted by Gasteiger charge is -2.34. The fourth-order valence-electron chi connectivity index (χ4n) is 7.90. The van der Waals surface area contributed by atoms with Crippen molar-refractivity contribution in [2.45, 2.75) is 45.1 Å². The molecule has 1 N–H and O–H groups in total. The summed E-state index contributed by atoms with van der Waals surface area (Å²) in [5.41, 5.74) is 6.24. The molecule has 1 saturated heterocycles. The van der Waals surface area contributed by atoms with Gasteiger partial charge in [-0.3, -0.25) is 19.3 Å². The first-order valence-electron chi connectivity index (χ1n) is 21.7. The number of nitrogens with one attached hydrogen (secondary N) is 1. The number of hydrogen-bond donors (Lipinski definition) is 1. The average molecular weight is 934 g/mol. The van der Waals surface area contributed by atoms with E-state index in [4.69, 9.17) is 44.8 Å². The van der Waals surface area contributed by atoms with Crippen LogP contribution in [0.5, 0.6) is 5.75 Å². The zero-order valence-corrected chi connectivity index (χ0v) is 39.1. The van der Waals surface area contributed by atoms with Gasteiger partial charge in [-0.1, -0.05) is 41.0 Å². The van der Waals surface area contributed by atoms with Gasteiger partial charge in [0, 0.05) is 61.0 Å². The second-order valence-corrected chi connectivity index (χ2v) is 18.1. The van der Waals surface area contributed by atoms with E-state index in [1.807, 2.05) is 86.9 Å². The lowest BCUT2D eigenvalue weighted by atomic mass is 10.00. The first-order valence-corrected chi connectivity index (χ1v) is 23.5. The van der Waals surface area contributed by atoms with Crippen molar-refractivity contribution >= 4 is 33.2 Å².